The largest absolute Gasteiger partial charge is 0.494 e. The number of rotatable bonds is 9. The summed E-state index contributed by atoms with van der Waals surface area (Å²) in [4.78, 5) is 12.5. The number of hydrazone groups is 1. The summed E-state index contributed by atoms with van der Waals surface area (Å²) in [5.74, 6) is 0.544. The van der Waals surface area contributed by atoms with Crippen molar-refractivity contribution in [1.29, 1.82) is 0 Å². The Labute approximate surface area is 200 Å². The average molecular weight is 458 g/mol. The van der Waals surface area contributed by atoms with E-state index in [0.717, 1.165) is 40.2 Å². The number of unbranched alkanes of at least 4 members (excludes halogenated alkanes) is 1. The van der Waals surface area contributed by atoms with Gasteiger partial charge in [-0.25, -0.2) is 5.43 Å². The summed E-state index contributed by atoms with van der Waals surface area (Å²) >= 11 is 0. The monoisotopic (exact) mass is 457 g/mol. The van der Waals surface area contributed by atoms with Gasteiger partial charge in [-0.1, -0.05) is 25.5 Å². The van der Waals surface area contributed by atoms with E-state index in [1.54, 1.807) is 18.3 Å². The number of hydrogen-bond donors (Lipinski definition) is 1. The zero-order chi connectivity index (χ0) is 24.1. The van der Waals surface area contributed by atoms with Crippen LogP contribution in [0.15, 0.2) is 64.1 Å². The molecule has 0 saturated carbocycles. The molecule has 0 atom stereocenters. The van der Waals surface area contributed by atoms with Crippen LogP contribution in [0, 0.1) is 13.8 Å². The van der Waals surface area contributed by atoms with Gasteiger partial charge in [0.25, 0.3) is 0 Å². The van der Waals surface area contributed by atoms with Crippen LogP contribution in [-0.2, 0) is 6.42 Å². The lowest BCUT2D eigenvalue weighted by molar-refractivity contribution is 0.0929. The molecular weight excluding hydrogens is 426 g/mol. The number of nitrogens with one attached hydrogen (secondary N) is 1. The highest BCUT2D eigenvalue weighted by Gasteiger charge is 2.13. The molecule has 6 heteroatoms. The van der Waals surface area contributed by atoms with Crippen LogP contribution < -0.4 is 10.2 Å². The van der Waals surface area contributed by atoms with Crippen LogP contribution >= 0.6 is 0 Å². The average Bonchev–Trinajstić information content (AvgIpc) is 3.38. The molecule has 0 saturated heterocycles. The number of carbonyl (C=O) groups is 1. The Bertz CT molecular complexity index is 1310. The zero-order valence-corrected chi connectivity index (χ0v) is 20.2. The predicted octanol–water partition coefficient (Wildman–Crippen LogP) is 6.35. The van der Waals surface area contributed by atoms with E-state index in [4.69, 9.17) is 9.15 Å². The van der Waals surface area contributed by atoms with Gasteiger partial charge >= 0.3 is 5.91 Å². The first-order valence-electron chi connectivity index (χ1n) is 11.8. The molecule has 34 heavy (non-hydrogen) atoms. The van der Waals surface area contributed by atoms with Crippen LogP contribution in [0.25, 0.3) is 16.7 Å². The molecule has 0 aliphatic carbocycles. The molecule has 0 unspecified atom stereocenters. The van der Waals surface area contributed by atoms with Gasteiger partial charge in [0, 0.05) is 28.0 Å². The number of fused-ring (bicyclic) bond motifs is 1. The van der Waals surface area contributed by atoms with Gasteiger partial charge in [-0.05, 0) is 81.6 Å². The summed E-state index contributed by atoms with van der Waals surface area (Å²) in [6, 6.07) is 17.9. The fraction of sp³-hybridized carbons (Fsp3) is 0.286. The maximum Gasteiger partial charge on any atom is 0.307 e. The predicted molar refractivity (Wildman–Crippen MR) is 136 cm³/mol. The summed E-state index contributed by atoms with van der Waals surface area (Å²) in [5.41, 5.74) is 8.78. The van der Waals surface area contributed by atoms with E-state index >= 15 is 0 Å². The lowest BCUT2D eigenvalue weighted by Crippen LogP contribution is -2.16. The van der Waals surface area contributed by atoms with Gasteiger partial charge in [0.15, 0.2) is 5.76 Å². The number of nitrogens with zero attached hydrogens (tertiary/aromatic N) is 2. The number of ether oxygens (including phenoxy) is 1. The van der Waals surface area contributed by atoms with Crippen LogP contribution in [0.4, 0.5) is 0 Å². The van der Waals surface area contributed by atoms with Gasteiger partial charge < -0.3 is 13.7 Å². The molecule has 0 fully saturated rings. The Hall–Kier alpha value is -3.80. The molecular formula is C28H31N3O3. The Kier molecular flexibility index (Phi) is 7.16. The molecule has 1 amide bonds. The first kappa shape index (κ1) is 23.4. The van der Waals surface area contributed by atoms with E-state index in [1.807, 2.05) is 19.1 Å². The number of amides is 1. The molecule has 4 aromatic rings. The van der Waals surface area contributed by atoms with E-state index in [-0.39, 0.29) is 5.76 Å². The van der Waals surface area contributed by atoms with Crippen LogP contribution in [0.3, 0.4) is 0 Å². The van der Waals surface area contributed by atoms with Crippen LogP contribution in [0.1, 0.15) is 59.8 Å². The highest BCUT2D eigenvalue weighted by atomic mass is 16.5. The van der Waals surface area contributed by atoms with E-state index in [9.17, 15) is 4.79 Å². The molecule has 2 aromatic carbocycles. The molecule has 0 spiro atoms. The second-order valence-electron chi connectivity index (χ2n) is 8.37. The van der Waals surface area contributed by atoms with Gasteiger partial charge in [-0.15, -0.1) is 0 Å². The summed E-state index contributed by atoms with van der Waals surface area (Å²) in [6.45, 7) is 8.84. The van der Waals surface area contributed by atoms with Crippen LogP contribution in [0.5, 0.6) is 5.75 Å². The molecule has 6 nitrogen and oxygen atoms in total. The maximum atomic E-state index is 12.5. The normalized spacial score (nSPS) is 11.4. The number of hydrogen-bond acceptors (Lipinski definition) is 4. The van der Waals surface area contributed by atoms with Crippen molar-refractivity contribution in [3.05, 3.63) is 82.9 Å². The minimum Gasteiger partial charge on any atom is -0.494 e. The lowest BCUT2D eigenvalue weighted by atomic mass is 10.1. The SMILES string of the molecule is CCCCc1ccc(-n2c(C)cc(/C=N/NC(=O)c3cc4cc(OCC)ccc4o3)c2C)cc1. The molecule has 0 radical (unpaired) electrons. The highest BCUT2D eigenvalue weighted by molar-refractivity contribution is 5.96. The highest BCUT2D eigenvalue weighted by Crippen LogP contribution is 2.24. The summed E-state index contributed by atoms with van der Waals surface area (Å²) < 4.78 is 13.4. The fourth-order valence-electron chi connectivity index (χ4n) is 4.11. The summed E-state index contributed by atoms with van der Waals surface area (Å²) in [6.07, 6.45) is 5.18. The van der Waals surface area contributed by atoms with Gasteiger partial charge in [0.2, 0.25) is 0 Å². The molecule has 176 valence electrons. The van der Waals surface area contributed by atoms with E-state index < -0.39 is 5.91 Å². The number of furan rings is 1. The van der Waals surface area contributed by atoms with E-state index in [0.29, 0.717) is 12.2 Å². The Morgan fingerprint density at radius 3 is 2.62 bits per heavy atom. The minimum absolute atomic E-state index is 0.203. The van der Waals surface area contributed by atoms with Crippen molar-refractivity contribution >= 4 is 23.1 Å². The van der Waals surface area contributed by atoms with Gasteiger partial charge in [0.1, 0.15) is 11.3 Å². The van der Waals surface area contributed by atoms with Crippen molar-refractivity contribution < 1.29 is 13.9 Å². The van der Waals surface area contributed by atoms with Crippen LogP contribution in [-0.4, -0.2) is 23.3 Å². The van der Waals surface area contributed by atoms with Crippen molar-refractivity contribution in [2.24, 2.45) is 5.10 Å². The number of carbonyl (C=O) groups excluding carboxylic acids is 1. The second-order valence-corrected chi connectivity index (χ2v) is 8.37. The smallest absolute Gasteiger partial charge is 0.307 e. The topological polar surface area (TPSA) is 68.8 Å². The Balaban J connectivity index is 1.46. The van der Waals surface area contributed by atoms with Crippen LogP contribution in [0.2, 0.25) is 0 Å². The zero-order valence-electron chi connectivity index (χ0n) is 20.2. The van der Waals surface area contributed by atoms with Crippen molar-refractivity contribution in [3.63, 3.8) is 0 Å². The molecule has 4 rings (SSSR count). The quantitative estimate of drug-likeness (QED) is 0.235. The van der Waals surface area contributed by atoms with E-state index in [2.05, 4.69) is 66.2 Å². The molecule has 0 aliphatic rings. The third-order valence-electron chi connectivity index (χ3n) is 5.88. The Morgan fingerprint density at radius 1 is 1.09 bits per heavy atom. The van der Waals surface area contributed by atoms with E-state index in [1.165, 1.54) is 18.4 Å². The van der Waals surface area contributed by atoms with Gasteiger partial charge in [-0.2, -0.15) is 5.10 Å². The first-order chi connectivity index (χ1) is 16.5. The molecule has 1 N–H and O–H groups in total. The summed E-state index contributed by atoms with van der Waals surface area (Å²) in [7, 11) is 0. The van der Waals surface area contributed by atoms with Crippen molar-refractivity contribution in [2.75, 3.05) is 6.61 Å². The van der Waals surface area contributed by atoms with Crippen molar-refractivity contribution in [2.45, 2.75) is 47.0 Å². The van der Waals surface area contributed by atoms with Crippen molar-refractivity contribution in [3.8, 4) is 11.4 Å². The van der Waals surface area contributed by atoms with Crippen molar-refractivity contribution in [1.82, 2.24) is 9.99 Å². The molecule has 2 heterocycles. The third-order valence-corrected chi connectivity index (χ3v) is 5.88. The van der Waals surface area contributed by atoms with Gasteiger partial charge in [0.05, 0.1) is 12.8 Å². The maximum absolute atomic E-state index is 12.5. The number of aryl methyl sites for hydroxylation is 2. The standard InChI is InChI=1S/C28H31N3O3/c1-5-7-8-21-9-11-24(12-10-21)31-19(3)15-23(20(31)4)18-29-30-28(32)27-17-22-16-25(33-6-2)13-14-26(22)34-27/h9-18H,5-8H2,1-4H3,(H,30,32)/b29-18+. The molecule has 0 aliphatic heterocycles. The number of aromatic nitrogens is 1. The lowest BCUT2D eigenvalue weighted by Gasteiger charge is -2.10. The first-order valence-corrected chi connectivity index (χ1v) is 11.8. The summed E-state index contributed by atoms with van der Waals surface area (Å²) in [5, 5.41) is 4.98. The second kappa shape index (κ2) is 10.4. The third kappa shape index (κ3) is 5.06. The molecule has 0 bridgehead atoms. The fourth-order valence-corrected chi connectivity index (χ4v) is 4.11. The Morgan fingerprint density at radius 2 is 1.88 bits per heavy atom. The minimum atomic E-state index is -0.401. The molecule has 2 aromatic heterocycles. The number of benzene rings is 2. The van der Waals surface area contributed by atoms with Gasteiger partial charge in [-0.3, -0.25) is 4.79 Å².